The summed E-state index contributed by atoms with van der Waals surface area (Å²) >= 11 is 0. The molecule has 1 aliphatic carbocycles. The summed E-state index contributed by atoms with van der Waals surface area (Å²) in [4.78, 5) is 24.3. The fourth-order valence-electron chi connectivity index (χ4n) is 2.26. The Labute approximate surface area is 121 Å². The minimum absolute atomic E-state index is 0.0588. The second-order valence-corrected chi connectivity index (χ2v) is 6.53. The molecule has 0 spiro atoms. The maximum Gasteiger partial charge on any atom is 0.323 e. The quantitative estimate of drug-likeness (QED) is 0.640. The first kappa shape index (κ1) is 16.8. The molecule has 2 N–H and O–H groups in total. The number of aliphatic carboxylic acids is 1. The van der Waals surface area contributed by atoms with E-state index in [1.54, 1.807) is 0 Å². The van der Waals surface area contributed by atoms with Crippen molar-refractivity contribution in [3.63, 3.8) is 0 Å². The van der Waals surface area contributed by atoms with Gasteiger partial charge in [-0.1, -0.05) is 40.0 Å². The van der Waals surface area contributed by atoms with E-state index in [-0.39, 0.29) is 24.0 Å². The van der Waals surface area contributed by atoms with Crippen molar-refractivity contribution >= 4 is 12.0 Å². The maximum atomic E-state index is 12.1. The van der Waals surface area contributed by atoms with Gasteiger partial charge in [0.15, 0.2) is 0 Å². The lowest BCUT2D eigenvalue weighted by Crippen LogP contribution is -2.46. The molecule has 0 aromatic heterocycles. The Morgan fingerprint density at radius 3 is 2.45 bits per heavy atom. The zero-order chi connectivity index (χ0) is 15.2. The van der Waals surface area contributed by atoms with Crippen LogP contribution in [-0.2, 0) is 4.79 Å². The largest absolute Gasteiger partial charge is 0.480 e. The summed E-state index contributed by atoms with van der Waals surface area (Å²) in [5, 5.41) is 11.8. The predicted molar refractivity (Wildman–Crippen MR) is 78.7 cm³/mol. The smallest absolute Gasteiger partial charge is 0.323 e. The van der Waals surface area contributed by atoms with Crippen LogP contribution in [0.25, 0.3) is 0 Å². The van der Waals surface area contributed by atoms with Crippen LogP contribution in [-0.4, -0.2) is 41.1 Å². The monoisotopic (exact) mass is 284 g/mol. The summed E-state index contributed by atoms with van der Waals surface area (Å²) in [7, 11) is 0. The number of hydrogen-bond acceptors (Lipinski definition) is 2. The molecular formula is C15H28N2O3. The Bertz CT molecular complexity index is 338. The van der Waals surface area contributed by atoms with Gasteiger partial charge in [-0.25, -0.2) is 4.79 Å². The third-order valence-electron chi connectivity index (χ3n) is 3.73. The van der Waals surface area contributed by atoms with Crippen molar-refractivity contribution in [2.45, 2.75) is 65.3 Å². The van der Waals surface area contributed by atoms with Crippen LogP contribution in [0.5, 0.6) is 0 Å². The third-order valence-corrected chi connectivity index (χ3v) is 3.73. The first-order chi connectivity index (χ1) is 9.35. The van der Waals surface area contributed by atoms with E-state index in [0.29, 0.717) is 6.54 Å². The standard InChI is InChI=1S/C15H28N2O3/c1-4-5-6-9-15(2,3)11-16-14(20)17(10-13(18)19)12-7-8-12/h12H,4-11H2,1-3H3,(H,16,20)(H,18,19). The molecule has 1 fully saturated rings. The number of nitrogens with zero attached hydrogens (tertiary/aromatic N) is 1. The molecular weight excluding hydrogens is 256 g/mol. The van der Waals surface area contributed by atoms with E-state index in [2.05, 4.69) is 26.1 Å². The molecule has 0 saturated heterocycles. The average Bonchev–Trinajstić information content (AvgIpc) is 3.17. The number of carbonyl (C=O) groups excluding carboxylic acids is 1. The first-order valence-electron chi connectivity index (χ1n) is 7.62. The van der Waals surface area contributed by atoms with Crippen LogP contribution in [0.2, 0.25) is 0 Å². The van der Waals surface area contributed by atoms with Crippen molar-refractivity contribution in [3.05, 3.63) is 0 Å². The SMILES string of the molecule is CCCCCC(C)(C)CNC(=O)N(CC(=O)O)C1CC1. The molecule has 1 rings (SSSR count). The predicted octanol–water partition coefficient (Wildman–Crippen LogP) is 2.85. The van der Waals surface area contributed by atoms with Crippen molar-refractivity contribution in [1.82, 2.24) is 10.2 Å². The fourth-order valence-corrected chi connectivity index (χ4v) is 2.26. The molecule has 1 saturated carbocycles. The van der Waals surface area contributed by atoms with Crippen molar-refractivity contribution in [2.24, 2.45) is 5.41 Å². The minimum atomic E-state index is -0.950. The van der Waals surface area contributed by atoms with Crippen molar-refractivity contribution in [1.29, 1.82) is 0 Å². The molecule has 0 radical (unpaired) electrons. The van der Waals surface area contributed by atoms with E-state index in [4.69, 9.17) is 5.11 Å². The van der Waals surface area contributed by atoms with Gasteiger partial charge in [0.25, 0.3) is 0 Å². The highest BCUT2D eigenvalue weighted by atomic mass is 16.4. The van der Waals surface area contributed by atoms with E-state index < -0.39 is 5.97 Å². The zero-order valence-corrected chi connectivity index (χ0v) is 12.9. The van der Waals surface area contributed by atoms with Gasteiger partial charge in [-0.05, 0) is 24.7 Å². The number of rotatable bonds is 9. The summed E-state index contributed by atoms with van der Waals surface area (Å²) in [6, 6.07) is -0.118. The zero-order valence-electron chi connectivity index (χ0n) is 12.9. The van der Waals surface area contributed by atoms with E-state index >= 15 is 0 Å². The van der Waals surface area contributed by atoms with E-state index in [1.165, 1.54) is 24.2 Å². The van der Waals surface area contributed by atoms with Gasteiger partial charge in [0.2, 0.25) is 0 Å². The highest BCUT2D eigenvalue weighted by Gasteiger charge is 2.34. The van der Waals surface area contributed by atoms with Gasteiger partial charge in [0.05, 0.1) is 0 Å². The Morgan fingerprint density at radius 2 is 1.95 bits per heavy atom. The number of carboxylic acids is 1. The Morgan fingerprint density at radius 1 is 1.30 bits per heavy atom. The van der Waals surface area contributed by atoms with Crippen LogP contribution in [0.15, 0.2) is 0 Å². The highest BCUT2D eigenvalue weighted by molar-refractivity contribution is 5.80. The number of unbranched alkanes of at least 4 members (excludes halogenated alkanes) is 2. The van der Waals surface area contributed by atoms with Gasteiger partial charge in [-0.2, -0.15) is 0 Å². The van der Waals surface area contributed by atoms with Crippen LogP contribution in [0.3, 0.4) is 0 Å². The molecule has 5 nitrogen and oxygen atoms in total. The fraction of sp³-hybridized carbons (Fsp3) is 0.867. The van der Waals surface area contributed by atoms with Crippen LogP contribution in [0, 0.1) is 5.41 Å². The Kier molecular flexibility index (Phi) is 6.30. The molecule has 5 heteroatoms. The van der Waals surface area contributed by atoms with Gasteiger partial charge in [-0.15, -0.1) is 0 Å². The summed E-state index contributed by atoms with van der Waals surface area (Å²) in [6.45, 7) is 6.85. The van der Waals surface area contributed by atoms with E-state index in [9.17, 15) is 9.59 Å². The molecule has 20 heavy (non-hydrogen) atoms. The summed E-state index contributed by atoms with van der Waals surface area (Å²) in [6.07, 6.45) is 6.48. The molecule has 2 amide bonds. The first-order valence-corrected chi connectivity index (χ1v) is 7.62. The Balaban J connectivity index is 2.37. The molecule has 1 aliphatic rings. The van der Waals surface area contributed by atoms with Gasteiger partial charge in [0.1, 0.15) is 6.54 Å². The van der Waals surface area contributed by atoms with Crippen molar-refractivity contribution in [2.75, 3.05) is 13.1 Å². The second-order valence-electron chi connectivity index (χ2n) is 6.53. The normalized spacial score (nSPS) is 14.9. The summed E-state index contributed by atoms with van der Waals surface area (Å²) < 4.78 is 0. The highest BCUT2D eigenvalue weighted by Crippen LogP contribution is 2.27. The lowest BCUT2D eigenvalue weighted by molar-refractivity contribution is -0.137. The topological polar surface area (TPSA) is 69.6 Å². The average molecular weight is 284 g/mol. The third kappa shape index (κ3) is 6.26. The number of nitrogens with one attached hydrogen (secondary N) is 1. The van der Waals surface area contributed by atoms with Gasteiger partial charge < -0.3 is 15.3 Å². The van der Waals surface area contributed by atoms with Crippen LogP contribution in [0.1, 0.15) is 59.3 Å². The van der Waals surface area contributed by atoms with Crippen LogP contribution >= 0.6 is 0 Å². The van der Waals surface area contributed by atoms with Gasteiger partial charge >= 0.3 is 12.0 Å². The summed E-state index contributed by atoms with van der Waals surface area (Å²) in [5.41, 5.74) is 0.0588. The Hall–Kier alpha value is -1.26. The molecule has 0 unspecified atom stereocenters. The van der Waals surface area contributed by atoms with E-state index in [1.807, 2.05) is 0 Å². The lowest BCUT2D eigenvalue weighted by atomic mass is 9.87. The van der Waals surface area contributed by atoms with E-state index in [0.717, 1.165) is 19.3 Å². The minimum Gasteiger partial charge on any atom is -0.480 e. The number of urea groups is 1. The van der Waals surface area contributed by atoms with Crippen molar-refractivity contribution < 1.29 is 14.7 Å². The maximum absolute atomic E-state index is 12.1. The number of carboxylic acid groups (broad SMARTS) is 1. The second kappa shape index (κ2) is 7.50. The number of amides is 2. The van der Waals surface area contributed by atoms with Gasteiger partial charge in [0, 0.05) is 12.6 Å². The molecule has 0 atom stereocenters. The number of carbonyl (C=O) groups is 2. The lowest BCUT2D eigenvalue weighted by Gasteiger charge is -2.27. The summed E-state index contributed by atoms with van der Waals surface area (Å²) in [5.74, 6) is -0.950. The molecule has 0 aliphatic heterocycles. The number of hydrogen-bond donors (Lipinski definition) is 2. The molecule has 116 valence electrons. The molecule has 0 heterocycles. The van der Waals surface area contributed by atoms with Crippen molar-refractivity contribution in [3.8, 4) is 0 Å². The molecule has 0 aromatic rings. The van der Waals surface area contributed by atoms with Gasteiger partial charge in [-0.3, -0.25) is 4.79 Å². The molecule has 0 aromatic carbocycles. The van der Waals surface area contributed by atoms with Crippen LogP contribution < -0.4 is 5.32 Å². The molecule has 0 bridgehead atoms. The van der Waals surface area contributed by atoms with Crippen LogP contribution in [0.4, 0.5) is 4.79 Å².